The molecule has 2 aromatic heterocycles. The van der Waals surface area contributed by atoms with Crippen LogP contribution in [-0.4, -0.2) is 42.2 Å². The Labute approximate surface area is 142 Å². The molecule has 1 atom stereocenters. The van der Waals surface area contributed by atoms with Crippen molar-refractivity contribution in [3.8, 4) is 17.2 Å². The van der Waals surface area contributed by atoms with Gasteiger partial charge >= 0.3 is 0 Å². The van der Waals surface area contributed by atoms with Gasteiger partial charge < -0.3 is 14.5 Å². The minimum atomic E-state index is -0.0368. The van der Waals surface area contributed by atoms with Crippen LogP contribution in [0.25, 0.3) is 11.3 Å². The Morgan fingerprint density at radius 3 is 2.96 bits per heavy atom. The van der Waals surface area contributed by atoms with Crippen LogP contribution in [0, 0.1) is 5.92 Å². The largest absolute Gasteiger partial charge is 0.469 e. The molecule has 6 heterocycles. The van der Waals surface area contributed by atoms with Crippen molar-refractivity contribution in [2.45, 2.75) is 31.4 Å². The zero-order valence-corrected chi connectivity index (χ0v) is 14.0. The van der Waals surface area contributed by atoms with E-state index in [-0.39, 0.29) is 5.60 Å². The number of aromatic nitrogens is 1. The van der Waals surface area contributed by atoms with Crippen molar-refractivity contribution >= 4 is 0 Å². The molecule has 6 rings (SSSR count). The number of fused-ring (bicyclic) bond motifs is 3. The first-order valence-corrected chi connectivity index (χ1v) is 8.90. The van der Waals surface area contributed by atoms with Crippen LogP contribution in [0.1, 0.15) is 24.2 Å². The summed E-state index contributed by atoms with van der Waals surface area (Å²) in [6.45, 7) is 4.25. The summed E-state index contributed by atoms with van der Waals surface area (Å²) in [6, 6.07) is 6.25. The average Bonchev–Trinajstić information content (AvgIpc) is 3.19. The Morgan fingerprint density at radius 1 is 1.33 bits per heavy atom. The molecule has 0 radical (unpaired) electrons. The summed E-state index contributed by atoms with van der Waals surface area (Å²) in [7, 11) is 1.92. The maximum atomic E-state index is 6.41. The first-order chi connectivity index (χ1) is 11.8. The minimum Gasteiger partial charge on any atom is -0.469 e. The Bertz CT molecular complexity index is 764. The van der Waals surface area contributed by atoms with Crippen molar-refractivity contribution in [3.63, 3.8) is 0 Å². The van der Waals surface area contributed by atoms with Crippen molar-refractivity contribution in [2.24, 2.45) is 5.92 Å². The molecule has 0 amide bonds. The van der Waals surface area contributed by atoms with Crippen molar-refractivity contribution in [1.29, 1.82) is 0 Å². The van der Waals surface area contributed by atoms with Gasteiger partial charge in [0.15, 0.2) is 0 Å². The second kappa shape index (κ2) is 5.33. The summed E-state index contributed by atoms with van der Waals surface area (Å²) in [4.78, 5) is 7.15. The lowest BCUT2D eigenvalue weighted by Gasteiger charge is -2.50. The van der Waals surface area contributed by atoms with Gasteiger partial charge in [-0.25, -0.2) is 4.98 Å². The van der Waals surface area contributed by atoms with Crippen LogP contribution in [0.3, 0.4) is 0 Å². The minimum absolute atomic E-state index is 0.0368. The van der Waals surface area contributed by atoms with Crippen LogP contribution in [0.5, 0.6) is 5.88 Å². The van der Waals surface area contributed by atoms with E-state index in [0.717, 1.165) is 42.5 Å². The summed E-state index contributed by atoms with van der Waals surface area (Å²) >= 11 is 0. The van der Waals surface area contributed by atoms with Crippen molar-refractivity contribution < 1.29 is 9.15 Å². The van der Waals surface area contributed by atoms with Crippen LogP contribution < -0.4 is 10.1 Å². The maximum absolute atomic E-state index is 6.41. The van der Waals surface area contributed by atoms with E-state index in [9.17, 15) is 0 Å². The van der Waals surface area contributed by atoms with Gasteiger partial charge in [-0.3, -0.25) is 4.90 Å². The number of hydrogen-bond donors (Lipinski definition) is 1. The van der Waals surface area contributed by atoms with E-state index in [1.54, 1.807) is 0 Å². The average molecular weight is 325 g/mol. The van der Waals surface area contributed by atoms with Gasteiger partial charge in [0.1, 0.15) is 17.1 Å². The van der Waals surface area contributed by atoms with E-state index >= 15 is 0 Å². The lowest BCUT2D eigenvalue weighted by Crippen LogP contribution is -2.61. The third-order valence-electron chi connectivity index (χ3n) is 5.83. The SMILES string of the molecule is CNCc1ccc(-c2cnc3c(c2)C[C@@]2(CN4CCC2CC4)O3)o1. The molecule has 2 bridgehead atoms. The maximum Gasteiger partial charge on any atom is 0.217 e. The van der Waals surface area contributed by atoms with Crippen molar-refractivity contribution in [1.82, 2.24) is 15.2 Å². The van der Waals surface area contributed by atoms with Gasteiger partial charge in [0.05, 0.1) is 6.54 Å². The van der Waals surface area contributed by atoms with Gasteiger partial charge in [0, 0.05) is 36.2 Å². The number of nitrogens with zero attached hydrogens (tertiary/aromatic N) is 2. The van der Waals surface area contributed by atoms with Gasteiger partial charge in [-0.15, -0.1) is 0 Å². The van der Waals surface area contributed by atoms with Gasteiger partial charge in [0.25, 0.3) is 0 Å². The fourth-order valence-corrected chi connectivity index (χ4v) is 4.65. The highest BCUT2D eigenvalue weighted by Crippen LogP contribution is 2.46. The highest BCUT2D eigenvalue weighted by molar-refractivity contribution is 5.59. The molecule has 24 heavy (non-hydrogen) atoms. The molecule has 2 aromatic rings. The highest BCUT2D eigenvalue weighted by Gasteiger charge is 2.52. The fourth-order valence-electron chi connectivity index (χ4n) is 4.65. The molecule has 0 aromatic carbocycles. The third kappa shape index (κ3) is 2.19. The number of ether oxygens (including phenoxy) is 1. The van der Waals surface area contributed by atoms with E-state index in [1.165, 1.54) is 31.5 Å². The molecule has 5 heteroatoms. The topological polar surface area (TPSA) is 50.5 Å². The van der Waals surface area contributed by atoms with Crippen LogP contribution in [0.15, 0.2) is 28.8 Å². The van der Waals surface area contributed by atoms with Gasteiger partial charge in [-0.05, 0) is 51.2 Å². The lowest BCUT2D eigenvalue weighted by atomic mass is 9.73. The van der Waals surface area contributed by atoms with Gasteiger partial charge in [-0.1, -0.05) is 0 Å². The number of nitrogens with one attached hydrogen (secondary N) is 1. The molecular formula is C19H23N3O2. The number of rotatable bonds is 3. The number of pyridine rings is 1. The van der Waals surface area contributed by atoms with Crippen molar-refractivity contribution in [2.75, 3.05) is 26.7 Å². The van der Waals surface area contributed by atoms with Crippen LogP contribution in [-0.2, 0) is 13.0 Å². The Balaban J connectivity index is 1.43. The predicted molar refractivity (Wildman–Crippen MR) is 90.9 cm³/mol. The van der Waals surface area contributed by atoms with E-state index < -0.39 is 0 Å². The Morgan fingerprint density at radius 2 is 2.21 bits per heavy atom. The summed E-state index contributed by atoms with van der Waals surface area (Å²) < 4.78 is 12.3. The number of hydrogen-bond acceptors (Lipinski definition) is 5. The van der Waals surface area contributed by atoms with Crippen LogP contribution >= 0.6 is 0 Å². The zero-order valence-electron chi connectivity index (χ0n) is 14.0. The molecule has 126 valence electrons. The fraction of sp³-hybridized carbons (Fsp3) is 0.526. The normalized spacial score (nSPS) is 30.5. The van der Waals surface area contributed by atoms with Crippen LogP contribution in [0.2, 0.25) is 0 Å². The lowest BCUT2D eigenvalue weighted by molar-refractivity contribution is -0.0814. The standard InChI is InChI=1S/C19H23N3O2/c1-20-11-16-2-3-17(23-16)14-8-13-9-19(24-18(13)21-10-14)12-22-6-4-15(19)5-7-22/h2-3,8,10,15,20H,4-7,9,11-12H2,1H3/t19-/m0/s1. The predicted octanol–water partition coefficient (Wildman–Crippen LogP) is 2.46. The number of furan rings is 1. The molecular weight excluding hydrogens is 302 g/mol. The molecule has 0 unspecified atom stereocenters. The first-order valence-electron chi connectivity index (χ1n) is 8.90. The summed E-state index contributed by atoms with van der Waals surface area (Å²) in [5, 5.41) is 3.11. The second-order valence-corrected chi connectivity index (χ2v) is 7.38. The molecule has 4 aliphatic heterocycles. The summed E-state index contributed by atoms with van der Waals surface area (Å²) in [5.41, 5.74) is 2.23. The van der Waals surface area contributed by atoms with Gasteiger partial charge in [-0.2, -0.15) is 0 Å². The molecule has 3 fully saturated rings. The third-order valence-corrected chi connectivity index (χ3v) is 5.83. The quantitative estimate of drug-likeness (QED) is 0.939. The monoisotopic (exact) mass is 325 g/mol. The zero-order chi connectivity index (χ0) is 16.1. The second-order valence-electron chi connectivity index (χ2n) is 7.38. The molecule has 5 nitrogen and oxygen atoms in total. The first kappa shape index (κ1) is 14.5. The van der Waals surface area contributed by atoms with E-state index in [2.05, 4.69) is 21.3 Å². The molecule has 0 saturated carbocycles. The van der Waals surface area contributed by atoms with Crippen molar-refractivity contribution in [3.05, 3.63) is 35.7 Å². The molecule has 3 saturated heterocycles. The Hall–Kier alpha value is -1.85. The van der Waals surface area contributed by atoms with Gasteiger partial charge in [0.2, 0.25) is 5.88 Å². The molecule has 4 aliphatic rings. The van der Waals surface area contributed by atoms with E-state index in [1.807, 2.05) is 25.4 Å². The number of piperidine rings is 3. The molecule has 1 N–H and O–H groups in total. The molecule has 0 aliphatic carbocycles. The van der Waals surface area contributed by atoms with E-state index in [4.69, 9.17) is 9.15 Å². The molecule has 1 spiro atoms. The Kier molecular flexibility index (Phi) is 3.22. The van der Waals surface area contributed by atoms with Crippen LogP contribution in [0.4, 0.5) is 0 Å². The van der Waals surface area contributed by atoms with E-state index in [0.29, 0.717) is 5.92 Å². The summed E-state index contributed by atoms with van der Waals surface area (Å²) in [6.07, 6.45) is 5.37. The smallest absolute Gasteiger partial charge is 0.217 e. The summed E-state index contributed by atoms with van der Waals surface area (Å²) in [5.74, 6) is 3.32. The highest BCUT2D eigenvalue weighted by atomic mass is 16.5.